The first kappa shape index (κ1) is 25.4. The van der Waals surface area contributed by atoms with Crippen molar-refractivity contribution in [2.24, 2.45) is 0 Å². The Balaban J connectivity index is 1.80. The summed E-state index contributed by atoms with van der Waals surface area (Å²) in [5, 5.41) is 5.67. The van der Waals surface area contributed by atoms with Gasteiger partial charge < -0.3 is 29.6 Å². The highest BCUT2D eigenvalue weighted by Crippen LogP contribution is 2.37. The average Bonchev–Trinajstić information content (AvgIpc) is 2.86. The van der Waals surface area contributed by atoms with Gasteiger partial charge in [0.25, 0.3) is 11.8 Å². The molecule has 0 aliphatic heterocycles. The lowest BCUT2D eigenvalue weighted by atomic mass is 10.1. The van der Waals surface area contributed by atoms with E-state index in [2.05, 4.69) is 10.6 Å². The number of hydrogen-bond acceptors (Lipinski definition) is 6. The summed E-state index contributed by atoms with van der Waals surface area (Å²) in [6, 6.07) is 17.6. The Kier molecular flexibility index (Phi) is 8.95. The highest BCUT2D eigenvalue weighted by atomic mass is 16.5. The van der Waals surface area contributed by atoms with E-state index in [9.17, 15) is 9.59 Å². The van der Waals surface area contributed by atoms with Gasteiger partial charge in [-0.05, 0) is 45.0 Å². The van der Waals surface area contributed by atoms with Gasteiger partial charge in [0, 0.05) is 17.7 Å². The molecule has 0 fully saturated rings. The Morgan fingerprint density at radius 3 is 1.89 bits per heavy atom. The third-order valence-corrected chi connectivity index (χ3v) is 4.95. The van der Waals surface area contributed by atoms with Crippen LogP contribution < -0.4 is 29.6 Å². The number of carbonyl (C=O) groups is 2. The molecule has 0 aliphatic rings. The molecule has 0 saturated carbocycles. The van der Waals surface area contributed by atoms with Gasteiger partial charge in [0.1, 0.15) is 11.5 Å². The topological polar surface area (TPSA) is 95.1 Å². The summed E-state index contributed by atoms with van der Waals surface area (Å²) >= 11 is 0. The van der Waals surface area contributed by atoms with Crippen molar-refractivity contribution in [3.63, 3.8) is 0 Å². The number of nitrogens with one attached hydrogen (secondary N) is 2. The second-order valence-electron chi connectivity index (χ2n) is 7.52. The molecule has 0 saturated heterocycles. The van der Waals surface area contributed by atoms with Crippen LogP contribution in [0.2, 0.25) is 0 Å². The fraction of sp³-hybridized carbons (Fsp3) is 0.259. The largest absolute Gasteiger partial charge is 0.493 e. The summed E-state index contributed by atoms with van der Waals surface area (Å²) in [4.78, 5) is 25.4. The molecule has 0 spiro atoms. The number of anilines is 2. The number of rotatable bonds is 11. The number of hydrogen-bond donors (Lipinski definition) is 2. The van der Waals surface area contributed by atoms with Gasteiger partial charge >= 0.3 is 0 Å². The standard InChI is InChI=1S/C27H30N2O6/c1-5-33-24-16-21(29-27(31)19-13-11-18(3)12-14-19)25(34-6-2)15-20(24)28-26(30)17-35-23-10-8-7-9-22(23)32-4/h7-16H,5-6,17H2,1-4H3,(H,28,30)(H,29,31). The van der Waals surface area contributed by atoms with Gasteiger partial charge in [-0.3, -0.25) is 9.59 Å². The molecule has 0 aromatic heterocycles. The number of para-hydroxylation sites is 2. The maximum atomic E-state index is 12.8. The molecule has 0 heterocycles. The quantitative estimate of drug-likeness (QED) is 0.400. The fourth-order valence-corrected chi connectivity index (χ4v) is 3.27. The predicted molar refractivity (Wildman–Crippen MR) is 135 cm³/mol. The number of carbonyl (C=O) groups excluding carboxylic acids is 2. The number of methoxy groups -OCH3 is 1. The molecule has 2 amide bonds. The van der Waals surface area contributed by atoms with Crippen LogP contribution in [0.1, 0.15) is 29.8 Å². The fourth-order valence-electron chi connectivity index (χ4n) is 3.27. The molecule has 0 unspecified atom stereocenters. The highest BCUT2D eigenvalue weighted by Gasteiger charge is 2.17. The van der Waals surface area contributed by atoms with Gasteiger partial charge in [-0.2, -0.15) is 0 Å². The molecular formula is C27H30N2O6. The summed E-state index contributed by atoms with van der Waals surface area (Å²) < 4.78 is 22.3. The minimum Gasteiger partial charge on any atom is -0.493 e. The van der Waals surface area contributed by atoms with Crippen LogP contribution in [-0.2, 0) is 4.79 Å². The van der Waals surface area contributed by atoms with E-state index < -0.39 is 5.91 Å². The van der Waals surface area contributed by atoms with Crippen LogP contribution in [0, 0.1) is 6.92 Å². The predicted octanol–water partition coefficient (Wildman–Crippen LogP) is 5.07. The third-order valence-electron chi connectivity index (χ3n) is 4.95. The second-order valence-corrected chi connectivity index (χ2v) is 7.52. The van der Waals surface area contributed by atoms with E-state index in [1.165, 1.54) is 7.11 Å². The molecule has 8 heteroatoms. The van der Waals surface area contributed by atoms with Gasteiger partial charge in [0.15, 0.2) is 18.1 Å². The molecular weight excluding hydrogens is 448 g/mol. The Labute approximate surface area is 205 Å². The van der Waals surface area contributed by atoms with Gasteiger partial charge in [-0.25, -0.2) is 0 Å². The Morgan fingerprint density at radius 1 is 0.743 bits per heavy atom. The maximum Gasteiger partial charge on any atom is 0.262 e. The van der Waals surface area contributed by atoms with E-state index in [0.717, 1.165) is 5.56 Å². The first-order chi connectivity index (χ1) is 16.9. The van der Waals surface area contributed by atoms with E-state index in [0.29, 0.717) is 53.2 Å². The van der Waals surface area contributed by atoms with Crippen molar-refractivity contribution in [1.29, 1.82) is 0 Å². The number of aryl methyl sites for hydroxylation is 1. The third kappa shape index (κ3) is 6.89. The van der Waals surface area contributed by atoms with E-state index in [4.69, 9.17) is 18.9 Å². The number of ether oxygens (including phenoxy) is 4. The first-order valence-electron chi connectivity index (χ1n) is 11.3. The lowest BCUT2D eigenvalue weighted by Gasteiger charge is -2.18. The van der Waals surface area contributed by atoms with Crippen LogP contribution in [0.4, 0.5) is 11.4 Å². The molecule has 0 radical (unpaired) electrons. The molecule has 8 nitrogen and oxygen atoms in total. The summed E-state index contributed by atoms with van der Waals surface area (Å²) in [7, 11) is 1.53. The van der Waals surface area contributed by atoms with E-state index >= 15 is 0 Å². The minimum absolute atomic E-state index is 0.234. The minimum atomic E-state index is -0.393. The monoisotopic (exact) mass is 478 g/mol. The summed E-state index contributed by atoms with van der Waals surface area (Å²) in [5.41, 5.74) is 2.41. The molecule has 35 heavy (non-hydrogen) atoms. The van der Waals surface area contributed by atoms with E-state index in [-0.39, 0.29) is 12.5 Å². The normalized spacial score (nSPS) is 10.3. The zero-order valence-electron chi connectivity index (χ0n) is 20.3. The van der Waals surface area contributed by atoms with Gasteiger partial charge in [-0.1, -0.05) is 29.8 Å². The van der Waals surface area contributed by atoms with Gasteiger partial charge in [-0.15, -0.1) is 0 Å². The molecule has 0 bridgehead atoms. The first-order valence-corrected chi connectivity index (χ1v) is 11.3. The zero-order valence-corrected chi connectivity index (χ0v) is 20.3. The van der Waals surface area contributed by atoms with Crippen LogP contribution in [0.5, 0.6) is 23.0 Å². The van der Waals surface area contributed by atoms with Crippen LogP contribution in [0.15, 0.2) is 60.7 Å². The molecule has 0 aliphatic carbocycles. The smallest absolute Gasteiger partial charge is 0.262 e. The van der Waals surface area contributed by atoms with Gasteiger partial charge in [0.05, 0.1) is 31.7 Å². The Morgan fingerprint density at radius 2 is 1.31 bits per heavy atom. The van der Waals surface area contributed by atoms with Crippen molar-refractivity contribution in [2.75, 3.05) is 37.6 Å². The van der Waals surface area contributed by atoms with Crippen molar-refractivity contribution in [3.8, 4) is 23.0 Å². The molecule has 3 aromatic rings. The Hall–Kier alpha value is -4.20. The summed E-state index contributed by atoms with van der Waals surface area (Å²) in [6.45, 7) is 6.11. The zero-order chi connectivity index (χ0) is 25.2. The van der Waals surface area contributed by atoms with Crippen LogP contribution in [0.25, 0.3) is 0 Å². The maximum absolute atomic E-state index is 12.8. The average molecular weight is 479 g/mol. The van der Waals surface area contributed by atoms with Crippen molar-refractivity contribution in [3.05, 3.63) is 71.8 Å². The molecule has 3 aromatic carbocycles. The summed E-state index contributed by atoms with van der Waals surface area (Å²) in [6.07, 6.45) is 0. The lowest BCUT2D eigenvalue weighted by molar-refractivity contribution is -0.118. The number of benzene rings is 3. The van der Waals surface area contributed by atoms with Crippen molar-refractivity contribution in [1.82, 2.24) is 0 Å². The highest BCUT2D eigenvalue weighted by molar-refractivity contribution is 6.05. The van der Waals surface area contributed by atoms with Crippen molar-refractivity contribution < 1.29 is 28.5 Å². The van der Waals surface area contributed by atoms with Gasteiger partial charge in [0.2, 0.25) is 0 Å². The Bertz CT molecular complexity index is 1160. The summed E-state index contributed by atoms with van der Waals surface area (Å²) in [5.74, 6) is 1.10. The lowest BCUT2D eigenvalue weighted by Crippen LogP contribution is -2.21. The van der Waals surface area contributed by atoms with Crippen LogP contribution >= 0.6 is 0 Å². The molecule has 3 rings (SSSR count). The van der Waals surface area contributed by atoms with Crippen LogP contribution in [-0.4, -0.2) is 38.7 Å². The van der Waals surface area contributed by atoms with Crippen molar-refractivity contribution >= 4 is 23.2 Å². The molecule has 0 atom stereocenters. The van der Waals surface area contributed by atoms with Crippen molar-refractivity contribution in [2.45, 2.75) is 20.8 Å². The van der Waals surface area contributed by atoms with E-state index in [1.54, 1.807) is 42.5 Å². The second kappa shape index (κ2) is 12.3. The van der Waals surface area contributed by atoms with Crippen LogP contribution in [0.3, 0.4) is 0 Å². The SMILES string of the molecule is CCOc1cc(NC(=O)c2ccc(C)cc2)c(OCC)cc1NC(=O)COc1ccccc1OC. The van der Waals surface area contributed by atoms with E-state index in [1.807, 2.05) is 39.0 Å². The molecule has 184 valence electrons. The molecule has 2 N–H and O–H groups in total. The number of amides is 2.